The Balaban J connectivity index is 2.63. The minimum Gasteiger partial charge on any atom is -0.352 e. The second kappa shape index (κ2) is 7.40. The van der Waals surface area contributed by atoms with Gasteiger partial charge in [0.25, 0.3) is 5.91 Å². The maximum absolute atomic E-state index is 13.1. The predicted molar refractivity (Wildman–Crippen MR) is 71.2 cm³/mol. The molecule has 0 heterocycles. The summed E-state index contributed by atoms with van der Waals surface area (Å²) in [5.41, 5.74) is 3.80. The molecule has 3 nitrogen and oxygen atoms in total. The number of halogens is 4. The van der Waals surface area contributed by atoms with Crippen molar-refractivity contribution in [2.24, 2.45) is 11.7 Å². The number of nitrogens with two attached hydrogens (primary N) is 1. The summed E-state index contributed by atoms with van der Waals surface area (Å²) < 4.78 is 50.7. The zero-order valence-electron chi connectivity index (χ0n) is 11.6. The topological polar surface area (TPSA) is 55.1 Å². The van der Waals surface area contributed by atoms with Gasteiger partial charge < -0.3 is 11.1 Å². The summed E-state index contributed by atoms with van der Waals surface area (Å²) in [7, 11) is 0. The van der Waals surface area contributed by atoms with Crippen molar-refractivity contribution >= 4 is 5.91 Å². The Morgan fingerprint density at radius 2 is 2.05 bits per heavy atom. The summed E-state index contributed by atoms with van der Waals surface area (Å²) in [6.45, 7) is 2.85. The van der Waals surface area contributed by atoms with Gasteiger partial charge in [-0.1, -0.05) is 6.92 Å². The fourth-order valence-corrected chi connectivity index (χ4v) is 1.76. The Bertz CT molecular complexity index is 488. The molecule has 1 amide bonds. The van der Waals surface area contributed by atoms with E-state index >= 15 is 0 Å². The van der Waals surface area contributed by atoms with Gasteiger partial charge >= 0.3 is 6.18 Å². The lowest BCUT2D eigenvalue weighted by Crippen LogP contribution is -2.25. The average molecular weight is 306 g/mol. The zero-order chi connectivity index (χ0) is 16.0. The van der Waals surface area contributed by atoms with Gasteiger partial charge in [0.2, 0.25) is 0 Å². The molecule has 0 aromatic heterocycles. The number of alkyl halides is 3. The molecule has 1 aromatic carbocycles. The molecule has 0 aliphatic carbocycles. The first-order valence-electron chi connectivity index (χ1n) is 6.60. The number of carbonyl (C=O) groups excluding carboxylic acids is 1. The van der Waals surface area contributed by atoms with E-state index in [0.717, 1.165) is 12.5 Å². The largest absolute Gasteiger partial charge is 0.419 e. The van der Waals surface area contributed by atoms with Crippen LogP contribution in [-0.4, -0.2) is 19.0 Å². The molecule has 21 heavy (non-hydrogen) atoms. The fraction of sp³-hybridized carbons (Fsp3) is 0.500. The highest BCUT2D eigenvalue weighted by atomic mass is 19.4. The van der Waals surface area contributed by atoms with Crippen LogP contribution in [0.3, 0.4) is 0 Å². The maximum Gasteiger partial charge on any atom is 0.419 e. The van der Waals surface area contributed by atoms with Gasteiger partial charge in [0, 0.05) is 12.1 Å². The average Bonchev–Trinajstić information content (AvgIpc) is 2.42. The summed E-state index contributed by atoms with van der Waals surface area (Å²) in [5.74, 6) is -1.72. The number of benzene rings is 1. The van der Waals surface area contributed by atoms with Crippen molar-refractivity contribution in [1.82, 2.24) is 5.32 Å². The monoisotopic (exact) mass is 306 g/mol. The van der Waals surface area contributed by atoms with Crippen molar-refractivity contribution in [3.8, 4) is 0 Å². The number of rotatable bonds is 6. The minimum absolute atomic E-state index is 0.212. The van der Waals surface area contributed by atoms with E-state index in [1.807, 2.05) is 6.92 Å². The maximum atomic E-state index is 13.1. The molecule has 7 heteroatoms. The Hall–Kier alpha value is -1.63. The minimum atomic E-state index is -4.82. The highest BCUT2D eigenvalue weighted by Crippen LogP contribution is 2.31. The first kappa shape index (κ1) is 17.4. The zero-order valence-corrected chi connectivity index (χ0v) is 11.6. The van der Waals surface area contributed by atoms with E-state index in [0.29, 0.717) is 37.6 Å². The molecule has 0 fully saturated rings. The van der Waals surface area contributed by atoms with Crippen molar-refractivity contribution in [2.45, 2.75) is 25.9 Å². The van der Waals surface area contributed by atoms with Crippen molar-refractivity contribution < 1.29 is 22.4 Å². The third-order valence-electron chi connectivity index (χ3n) is 3.10. The first-order chi connectivity index (χ1) is 9.75. The molecule has 0 radical (unpaired) electrons. The summed E-state index contributed by atoms with van der Waals surface area (Å²) >= 11 is 0. The van der Waals surface area contributed by atoms with Crippen LogP contribution < -0.4 is 11.1 Å². The van der Waals surface area contributed by atoms with E-state index in [9.17, 15) is 22.4 Å². The number of hydrogen-bond donors (Lipinski definition) is 2. The molecular formula is C14H18F4N2O. The van der Waals surface area contributed by atoms with Crippen molar-refractivity contribution in [3.63, 3.8) is 0 Å². The second-order valence-electron chi connectivity index (χ2n) is 4.93. The standard InChI is InChI=1S/C14H18F4N2O/c1-9(8-19)3-2-6-20-13(21)10-4-5-12(15)11(7-10)14(16,17)18/h4-5,7,9H,2-3,6,8,19H2,1H3,(H,20,21). The number of nitrogens with one attached hydrogen (secondary N) is 1. The van der Waals surface area contributed by atoms with Gasteiger partial charge in [0.1, 0.15) is 5.82 Å². The van der Waals surface area contributed by atoms with E-state index in [2.05, 4.69) is 5.32 Å². The molecule has 1 unspecified atom stereocenters. The highest BCUT2D eigenvalue weighted by Gasteiger charge is 2.34. The number of amides is 1. The van der Waals surface area contributed by atoms with Crippen LogP contribution in [0.25, 0.3) is 0 Å². The van der Waals surface area contributed by atoms with Gasteiger partial charge in [0.05, 0.1) is 5.56 Å². The third-order valence-corrected chi connectivity index (χ3v) is 3.10. The highest BCUT2D eigenvalue weighted by molar-refractivity contribution is 5.94. The van der Waals surface area contributed by atoms with E-state index in [-0.39, 0.29) is 5.56 Å². The Labute approximate surface area is 120 Å². The van der Waals surface area contributed by atoms with Crippen LogP contribution in [-0.2, 0) is 6.18 Å². The summed E-state index contributed by atoms with van der Waals surface area (Å²) in [6.07, 6.45) is -3.33. The first-order valence-corrected chi connectivity index (χ1v) is 6.60. The molecule has 0 saturated carbocycles. The normalized spacial score (nSPS) is 13.0. The predicted octanol–water partition coefficient (Wildman–Crippen LogP) is 2.95. The Morgan fingerprint density at radius 3 is 2.62 bits per heavy atom. The van der Waals surface area contributed by atoms with Gasteiger partial charge in [-0.15, -0.1) is 0 Å². The summed E-state index contributed by atoms with van der Waals surface area (Å²) in [4.78, 5) is 11.7. The molecule has 0 bridgehead atoms. The van der Waals surface area contributed by atoms with Gasteiger partial charge in [-0.05, 0) is 43.5 Å². The number of hydrogen-bond acceptors (Lipinski definition) is 2. The molecule has 1 rings (SSSR count). The van der Waals surface area contributed by atoms with Crippen LogP contribution in [0.15, 0.2) is 18.2 Å². The lowest BCUT2D eigenvalue weighted by atomic mass is 10.1. The van der Waals surface area contributed by atoms with Crippen LogP contribution in [0.2, 0.25) is 0 Å². The van der Waals surface area contributed by atoms with Crippen molar-refractivity contribution in [1.29, 1.82) is 0 Å². The van der Waals surface area contributed by atoms with Crippen LogP contribution in [0.5, 0.6) is 0 Å². The van der Waals surface area contributed by atoms with Crippen LogP contribution in [0, 0.1) is 11.7 Å². The van der Waals surface area contributed by atoms with Crippen molar-refractivity contribution in [3.05, 3.63) is 35.1 Å². The summed E-state index contributed by atoms with van der Waals surface area (Å²) in [6, 6.07) is 2.20. The van der Waals surface area contributed by atoms with E-state index in [1.165, 1.54) is 0 Å². The molecule has 118 valence electrons. The van der Waals surface area contributed by atoms with Gasteiger partial charge in [-0.2, -0.15) is 13.2 Å². The quantitative estimate of drug-likeness (QED) is 0.627. The molecule has 0 aliphatic heterocycles. The Morgan fingerprint density at radius 1 is 1.38 bits per heavy atom. The lowest BCUT2D eigenvalue weighted by Gasteiger charge is -2.11. The molecule has 1 aromatic rings. The van der Waals surface area contributed by atoms with Crippen LogP contribution in [0.4, 0.5) is 17.6 Å². The fourth-order valence-electron chi connectivity index (χ4n) is 1.76. The molecule has 0 saturated heterocycles. The molecule has 3 N–H and O–H groups in total. The molecule has 0 spiro atoms. The SMILES string of the molecule is CC(CN)CCCNC(=O)c1ccc(F)c(C(F)(F)F)c1. The molecular weight excluding hydrogens is 288 g/mol. The molecule has 1 atom stereocenters. The van der Waals surface area contributed by atoms with Crippen molar-refractivity contribution in [2.75, 3.05) is 13.1 Å². The van der Waals surface area contributed by atoms with Gasteiger partial charge in [0.15, 0.2) is 0 Å². The smallest absolute Gasteiger partial charge is 0.352 e. The van der Waals surface area contributed by atoms with Crippen LogP contribution >= 0.6 is 0 Å². The second-order valence-corrected chi connectivity index (χ2v) is 4.93. The van der Waals surface area contributed by atoms with Crippen LogP contribution in [0.1, 0.15) is 35.7 Å². The van der Waals surface area contributed by atoms with E-state index in [4.69, 9.17) is 5.73 Å². The van der Waals surface area contributed by atoms with Gasteiger partial charge in [-0.25, -0.2) is 4.39 Å². The van der Waals surface area contributed by atoms with E-state index in [1.54, 1.807) is 0 Å². The third kappa shape index (κ3) is 5.34. The molecule has 0 aliphatic rings. The van der Waals surface area contributed by atoms with Gasteiger partial charge in [-0.3, -0.25) is 4.79 Å². The van der Waals surface area contributed by atoms with E-state index < -0.39 is 23.5 Å². The summed E-state index contributed by atoms with van der Waals surface area (Å²) in [5, 5.41) is 2.51. The number of carbonyl (C=O) groups is 1. The lowest BCUT2D eigenvalue weighted by molar-refractivity contribution is -0.140. The Kier molecular flexibility index (Phi) is 6.14.